The van der Waals surface area contributed by atoms with Crippen LogP contribution in [0.15, 0.2) is 118 Å². The summed E-state index contributed by atoms with van der Waals surface area (Å²) in [5.74, 6) is 1.09. The molecule has 0 radical (unpaired) electrons. The van der Waals surface area contributed by atoms with Crippen molar-refractivity contribution in [1.29, 1.82) is 0 Å². The first-order valence-electron chi connectivity index (χ1n) is 13.4. The van der Waals surface area contributed by atoms with Gasteiger partial charge in [-0.1, -0.05) is 119 Å². The Morgan fingerprint density at radius 2 is 1.00 bits per heavy atom. The first kappa shape index (κ1) is 24.1. The largest absolute Gasteiger partial charge is 0.456 e. The van der Waals surface area contributed by atoms with E-state index in [9.17, 15) is 0 Å². The summed E-state index contributed by atoms with van der Waals surface area (Å²) in [7, 11) is 0. The lowest BCUT2D eigenvalue weighted by molar-refractivity contribution is 0.667. The fourth-order valence-electron chi connectivity index (χ4n) is 5.12. The molecule has 7 aromatic rings. The van der Waals surface area contributed by atoms with Crippen molar-refractivity contribution in [3.8, 4) is 11.1 Å². The van der Waals surface area contributed by atoms with E-state index in [1.54, 1.807) is 0 Å². The van der Waals surface area contributed by atoms with E-state index in [-0.39, 0.29) is 0 Å². The van der Waals surface area contributed by atoms with Gasteiger partial charge in [0.2, 0.25) is 0 Å². The summed E-state index contributed by atoms with van der Waals surface area (Å²) in [4.78, 5) is 0. The minimum Gasteiger partial charge on any atom is -0.456 e. The quantitative estimate of drug-likeness (QED) is 0.243. The molecule has 0 fully saturated rings. The van der Waals surface area contributed by atoms with Crippen molar-refractivity contribution in [2.75, 3.05) is 0 Å². The number of para-hydroxylation sites is 3. The lowest BCUT2D eigenvalue weighted by Crippen LogP contribution is -1.86. The molecule has 0 N–H and O–H groups in total. The maximum atomic E-state index is 6.12. The molecule has 2 aromatic heterocycles. The molecule has 0 amide bonds. The average Bonchev–Trinajstić information content (AvgIpc) is 3.51. The van der Waals surface area contributed by atoms with E-state index in [2.05, 4.69) is 107 Å². The molecular weight excluding hydrogens is 464 g/mol. The van der Waals surface area contributed by atoms with Gasteiger partial charge in [0, 0.05) is 27.1 Å². The van der Waals surface area contributed by atoms with Crippen LogP contribution in [0, 0.1) is 0 Å². The van der Waals surface area contributed by atoms with E-state index in [1.165, 1.54) is 38.2 Å². The van der Waals surface area contributed by atoms with Crippen LogP contribution in [0.1, 0.15) is 50.7 Å². The molecule has 7 rings (SSSR count). The molecule has 188 valence electrons. The number of furan rings is 2. The van der Waals surface area contributed by atoms with E-state index in [1.807, 2.05) is 30.3 Å². The minimum atomic E-state index is 0.539. The summed E-state index contributed by atoms with van der Waals surface area (Å²) in [6, 6.07) is 38.1. The zero-order chi connectivity index (χ0) is 26.2. The monoisotopic (exact) mass is 496 g/mol. The molecule has 0 unspecified atom stereocenters. The third kappa shape index (κ3) is 4.37. The van der Waals surface area contributed by atoms with E-state index < -0.39 is 0 Å². The highest BCUT2D eigenvalue weighted by Crippen LogP contribution is 2.36. The highest BCUT2D eigenvalue weighted by Gasteiger charge is 2.12. The van der Waals surface area contributed by atoms with Crippen LogP contribution in [-0.2, 0) is 0 Å². The summed E-state index contributed by atoms with van der Waals surface area (Å²) in [5, 5.41) is 4.77. The van der Waals surface area contributed by atoms with Gasteiger partial charge in [-0.05, 0) is 46.7 Å². The Morgan fingerprint density at radius 3 is 1.68 bits per heavy atom. The van der Waals surface area contributed by atoms with Gasteiger partial charge in [0.25, 0.3) is 0 Å². The molecule has 0 saturated carbocycles. The van der Waals surface area contributed by atoms with Gasteiger partial charge in [-0.2, -0.15) is 0 Å². The van der Waals surface area contributed by atoms with Crippen molar-refractivity contribution < 1.29 is 8.83 Å². The Balaban J connectivity index is 0.000000146. The number of rotatable bonds is 3. The Labute approximate surface area is 223 Å². The average molecular weight is 497 g/mol. The molecule has 0 spiro atoms. The normalized spacial score (nSPS) is 11.6. The van der Waals surface area contributed by atoms with Crippen molar-refractivity contribution in [1.82, 2.24) is 0 Å². The molecule has 2 nitrogen and oxygen atoms in total. The highest BCUT2D eigenvalue weighted by molar-refractivity contribution is 6.09. The predicted octanol–water partition coefficient (Wildman–Crippen LogP) is 11.1. The van der Waals surface area contributed by atoms with E-state index >= 15 is 0 Å². The maximum absolute atomic E-state index is 6.12. The van der Waals surface area contributed by atoms with Gasteiger partial charge in [0.1, 0.15) is 22.3 Å². The molecule has 0 aliphatic carbocycles. The lowest BCUT2D eigenvalue weighted by atomic mass is 9.98. The van der Waals surface area contributed by atoms with Crippen molar-refractivity contribution in [3.63, 3.8) is 0 Å². The van der Waals surface area contributed by atoms with Gasteiger partial charge in [0.05, 0.1) is 0 Å². The fraction of sp³-hybridized carbons (Fsp3) is 0.167. The Bertz CT molecular complexity index is 1860. The molecule has 0 aliphatic rings. The molecule has 2 heteroatoms. The molecule has 2 heterocycles. The highest BCUT2D eigenvalue weighted by atomic mass is 16.3. The first-order valence-corrected chi connectivity index (χ1v) is 13.4. The number of fused-ring (bicyclic) bond motifs is 6. The van der Waals surface area contributed by atoms with Crippen molar-refractivity contribution >= 4 is 43.9 Å². The summed E-state index contributed by atoms with van der Waals surface area (Å²) in [6.45, 7) is 8.83. The van der Waals surface area contributed by atoms with Crippen LogP contribution in [0.2, 0.25) is 0 Å². The summed E-state index contributed by atoms with van der Waals surface area (Å²) in [5.41, 5.74) is 8.93. The van der Waals surface area contributed by atoms with E-state index in [4.69, 9.17) is 8.83 Å². The van der Waals surface area contributed by atoms with E-state index in [0.717, 1.165) is 27.9 Å². The van der Waals surface area contributed by atoms with Crippen molar-refractivity contribution in [2.45, 2.75) is 39.5 Å². The summed E-state index contributed by atoms with van der Waals surface area (Å²) >= 11 is 0. The van der Waals surface area contributed by atoms with Gasteiger partial charge < -0.3 is 8.83 Å². The van der Waals surface area contributed by atoms with Gasteiger partial charge in [-0.15, -0.1) is 0 Å². The third-order valence-corrected chi connectivity index (χ3v) is 7.36. The Kier molecular flexibility index (Phi) is 6.25. The van der Waals surface area contributed by atoms with Crippen LogP contribution in [0.3, 0.4) is 0 Å². The van der Waals surface area contributed by atoms with Crippen LogP contribution in [0.5, 0.6) is 0 Å². The number of hydrogen-bond donors (Lipinski definition) is 0. The van der Waals surface area contributed by atoms with Crippen molar-refractivity contribution in [3.05, 3.63) is 120 Å². The fourth-order valence-corrected chi connectivity index (χ4v) is 5.12. The van der Waals surface area contributed by atoms with Gasteiger partial charge in [-0.25, -0.2) is 0 Å². The minimum absolute atomic E-state index is 0.539. The first-order chi connectivity index (χ1) is 18.5. The van der Waals surface area contributed by atoms with Gasteiger partial charge >= 0.3 is 0 Å². The lowest BCUT2D eigenvalue weighted by Gasteiger charge is -2.07. The summed E-state index contributed by atoms with van der Waals surface area (Å²) < 4.78 is 12.0. The smallest absolute Gasteiger partial charge is 0.143 e. The summed E-state index contributed by atoms with van der Waals surface area (Å²) in [6.07, 6.45) is 0. The SMILES string of the molecule is CC(C)c1ccc(-c2cccc3c2oc2ccccc23)cc1.CC(C)c1ccc2c(c1)oc1ccccc12. The number of hydrogen-bond acceptors (Lipinski definition) is 2. The van der Waals surface area contributed by atoms with Crippen LogP contribution in [-0.4, -0.2) is 0 Å². The van der Waals surface area contributed by atoms with Crippen LogP contribution in [0.4, 0.5) is 0 Å². The second-order valence-corrected chi connectivity index (χ2v) is 10.6. The van der Waals surface area contributed by atoms with Gasteiger partial charge in [0.15, 0.2) is 0 Å². The van der Waals surface area contributed by atoms with Crippen LogP contribution in [0.25, 0.3) is 55.0 Å². The zero-order valence-corrected chi connectivity index (χ0v) is 22.4. The van der Waals surface area contributed by atoms with Crippen molar-refractivity contribution in [2.24, 2.45) is 0 Å². The second kappa shape index (κ2) is 9.87. The topological polar surface area (TPSA) is 26.3 Å². The van der Waals surface area contributed by atoms with Crippen LogP contribution >= 0.6 is 0 Å². The Hall–Kier alpha value is -4.30. The second-order valence-electron chi connectivity index (χ2n) is 10.6. The molecule has 0 atom stereocenters. The number of benzene rings is 5. The molecule has 0 saturated heterocycles. The predicted molar refractivity (Wildman–Crippen MR) is 161 cm³/mol. The van der Waals surface area contributed by atoms with Gasteiger partial charge in [-0.3, -0.25) is 0 Å². The standard InChI is InChI=1S/C21H18O.C15H14O/c1-14(2)15-10-12-16(13-11-15)17-7-5-8-19-18-6-3-4-9-20(18)22-21(17)19;1-10(2)11-7-8-13-12-5-3-4-6-14(12)16-15(13)9-11/h3-14H,1-2H3;3-10H,1-2H3. The molecule has 38 heavy (non-hydrogen) atoms. The molecule has 5 aromatic carbocycles. The maximum Gasteiger partial charge on any atom is 0.143 e. The molecule has 0 bridgehead atoms. The zero-order valence-electron chi connectivity index (χ0n) is 22.4. The van der Waals surface area contributed by atoms with E-state index in [0.29, 0.717) is 11.8 Å². The van der Waals surface area contributed by atoms with Crippen LogP contribution < -0.4 is 0 Å². The third-order valence-electron chi connectivity index (χ3n) is 7.36. The molecular formula is C36H32O2. The Morgan fingerprint density at radius 1 is 0.447 bits per heavy atom. The molecule has 0 aliphatic heterocycles.